The molecule has 7 nitrogen and oxygen atoms in total. The number of benzene rings is 1. The summed E-state index contributed by atoms with van der Waals surface area (Å²) in [6.07, 6.45) is 2.00. The standard InChI is InChI=1S/C15H14N2O5S/c18-14(16-11-3-1-2-10(11)15(19)20)13-7-8-6-9(17(21)22)4-5-12(8)23-13/h4-7,10-11H,1-3H2,(H,16,18)(H,19,20)/t10-,11+/m1/s1. The summed E-state index contributed by atoms with van der Waals surface area (Å²) in [6.45, 7) is 0. The van der Waals surface area contributed by atoms with Crippen LogP contribution in [0.2, 0.25) is 0 Å². The van der Waals surface area contributed by atoms with Crippen LogP contribution in [0.1, 0.15) is 28.9 Å². The fraction of sp³-hybridized carbons (Fsp3) is 0.333. The molecule has 1 heterocycles. The zero-order valence-electron chi connectivity index (χ0n) is 12.0. The van der Waals surface area contributed by atoms with Gasteiger partial charge in [-0.05, 0) is 25.0 Å². The third-order valence-electron chi connectivity index (χ3n) is 4.08. The maximum absolute atomic E-state index is 12.3. The number of amides is 1. The van der Waals surface area contributed by atoms with Crippen molar-refractivity contribution in [2.75, 3.05) is 0 Å². The van der Waals surface area contributed by atoms with Gasteiger partial charge in [0, 0.05) is 28.3 Å². The molecular weight excluding hydrogens is 320 g/mol. The molecule has 0 saturated heterocycles. The Hall–Kier alpha value is -2.48. The molecule has 0 spiro atoms. The van der Waals surface area contributed by atoms with E-state index in [2.05, 4.69) is 5.32 Å². The van der Waals surface area contributed by atoms with Crippen LogP contribution in [0.4, 0.5) is 5.69 Å². The fourth-order valence-electron chi connectivity index (χ4n) is 2.92. The Morgan fingerprint density at radius 1 is 1.30 bits per heavy atom. The van der Waals surface area contributed by atoms with Gasteiger partial charge in [-0.1, -0.05) is 6.42 Å². The first kappa shape index (κ1) is 15.4. The third-order valence-corrected chi connectivity index (χ3v) is 5.20. The number of hydrogen-bond acceptors (Lipinski definition) is 5. The molecule has 8 heteroatoms. The second-order valence-electron chi connectivity index (χ2n) is 5.55. The van der Waals surface area contributed by atoms with Crippen molar-refractivity contribution in [1.29, 1.82) is 0 Å². The predicted molar refractivity (Wildman–Crippen MR) is 84.7 cm³/mol. The second kappa shape index (κ2) is 5.96. The van der Waals surface area contributed by atoms with Crippen molar-refractivity contribution in [1.82, 2.24) is 5.32 Å². The predicted octanol–water partition coefficient (Wildman–Crippen LogP) is 2.79. The molecule has 1 saturated carbocycles. The second-order valence-corrected chi connectivity index (χ2v) is 6.63. The smallest absolute Gasteiger partial charge is 0.308 e. The van der Waals surface area contributed by atoms with E-state index >= 15 is 0 Å². The van der Waals surface area contributed by atoms with Crippen LogP contribution in [0, 0.1) is 16.0 Å². The minimum absolute atomic E-state index is 0.0241. The number of non-ortho nitro benzene ring substituents is 1. The topological polar surface area (TPSA) is 110 Å². The number of carbonyl (C=O) groups is 2. The quantitative estimate of drug-likeness (QED) is 0.660. The van der Waals surface area contributed by atoms with Crippen LogP contribution in [-0.4, -0.2) is 27.9 Å². The van der Waals surface area contributed by atoms with E-state index in [0.717, 1.165) is 11.1 Å². The van der Waals surface area contributed by atoms with Crippen LogP contribution in [0.5, 0.6) is 0 Å². The Labute approximate surface area is 135 Å². The highest BCUT2D eigenvalue weighted by molar-refractivity contribution is 7.20. The van der Waals surface area contributed by atoms with Crippen molar-refractivity contribution >= 4 is 39.0 Å². The highest BCUT2D eigenvalue weighted by atomic mass is 32.1. The molecule has 1 amide bonds. The molecule has 0 bridgehead atoms. The number of nitrogens with one attached hydrogen (secondary N) is 1. The number of rotatable bonds is 4. The molecule has 1 aromatic heterocycles. The average Bonchev–Trinajstić information content (AvgIpc) is 3.12. The minimum Gasteiger partial charge on any atom is -0.481 e. The number of carbonyl (C=O) groups excluding carboxylic acids is 1. The van der Waals surface area contributed by atoms with Gasteiger partial charge in [0.1, 0.15) is 0 Å². The number of nitro groups is 1. The largest absolute Gasteiger partial charge is 0.481 e. The van der Waals surface area contributed by atoms with Crippen LogP contribution < -0.4 is 5.32 Å². The van der Waals surface area contributed by atoms with Crippen molar-refractivity contribution in [3.63, 3.8) is 0 Å². The molecule has 1 aliphatic rings. The molecule has 0 unspecified atom stereocenters. The molecule has 1 aliphatic carbocycles. The van der Waals surface area contributed by atoms with Crippen molar-refractivity contribution in [3.05, 3.63) is 39.3 Å². The van der Waals surface area contributed by atoms with Crippen LogP contribution in [0.15, 0.2) is 24.3 Å². The summed E-state index contributed by atoms with van der Waals surface area (Å²) in [6, 6.07) is 5.69. The van der Waals surface area contributed by atoms with Crippen molar-refractivity contribution in [3.8, 4) is 0 Å². The lowest BCUT2D eigenvalue weighted by Crippen LogP contribution is -2.39. The van der Waals surface area contributed by atoms with Gasteiger partial charge in [0.25, 0.3) is 11.6 Å². The van der Waals surface area contributed by atoms with Gasteiger partial charge in [-0.3, -0.25) is 19.7 Å². The first-order valence-corrected chi connectivity index (χ1v) is 7.99. The van der Waals surface area contributed by atoms with Crippen LogP contribution >= 0.6 is 11.3 Å². The van der Waals surface area contributed by atoms with Crippen LogP contribution in [-0.2, 0) is 4.79 Å². The van der Waals surface area contributed by atoms with Crippen LogP contribution in [0.3, 0.4) is 0 Å². The molecule has 120 valence electrons. The summed E-state index contributed by atoms with van der Waals surface area (Å²) in [5.41, 5.74) is -0.0241. The van der Waals surface area contributed by atoms with Gasteiger partial charge in [-0.15, -0.1) is 11.3 Å². The lowest BCUT2D eigenvalue weighted by Gasteiger charge is -2.16. The minimum atomic E-state index is -0.889. The summed E-state index contributed by atoms with van der Waals surface area (Å²) < 4.78 is 0.780. The monoisotopic (exact) mass is 334 g/mol. The number of nitro benzene ring substituents is 1. The highest BCUT2D eigenvalue weighted by Gasteiger charge is 2.34. The highest BCUT2D eigenvalue weighted by Crippen LogP contribution is 2.30. The fourth-order valence-corrected chi connectivity index (χ4v) is 3.87. The average molecular weight is 334 g/mol. The van der Waals surface area contributed by atoms with Gasteiger partial charge >= 0.3 is 5.97 Å². The van der Waals surface area contributed by atoms with Crippen molar-refractivity contribution in [2.24, 2.45) is 5.92 Å². The van der Waals surface area contributed by atoms with Gasteiger partial charge in [-0.2, -0.15) is 0 Å². The number of carboxylic acids is 1. The lowest BCUT2D eigenvalue weighted by atomic mass is 10.0. The van der Waals surface area contributed by atoms with Gasteiger partial charge < -0.3 is 10.4 Å². The van der Waals surface area contributed by atoms with E-state index < -0.39 is 16.8 Å². The molecule has 2 atom stereocenters. The van der Waals surface area contributed by atoms with Gasteiger partial charge in [0.05, 0.1) is 15.7 Å². The van der Waals surface area contributed by atoms with Crippen LogP contribution in [0.25, 0.3) is 10.1 Å². The Morgan fingerprint density at radius 2 is 2.09 bits per heavy atom. The van der Waals surface area contributed by atoms with E-state index in [1.54, 1.807) is 12.1 Å². The van der Waals surface area contributed by atoms with E-state index in [4.69, 9.17) is 5.11 Å². The van der Waals surface area contributed by atoms with E-state index in [0.29, 0.717) is 23.1 Å². The Kier molecular flexibility index (Phi) is 3.99. The molecule has 1 aromatic carbocycles. The SMILES string of the molecule is O=C(N[C@H]1CCC[C@H]1C(=O)O)c1cc2cc([N+](=O)[O-])ccc2s1. The maximum atomic E-state index is 12.3. The first-order chi connectivity index (χ1) is 11.0. The number of carboxylic acid groups (broad SMARTS) is 1. The van der Waals surface area contributed by atoms with Crippen molar-refractivity contribution < 1.29 is 19.6 Å². The molecular formula is C15H14N2O5S. The third kappa shape index (κ3) is 3.02. The Bertz CT molecular complexity index is 800. The first-order valence-electron chi connectivity index (χ1n) is 7.17. The summed E-state index contributed by atoms with van der Waals surface area (Å²) in [4.78, 5) is 34.2. The molecule has 3 rings (SSSR count). The molecule has 23 heavy (non-hydrogen) atoms. The number of fused-ring (bicyclic) bond motifs is 1. The van der Waals surface area contributed by atoms with Gasteiger partial charge in [0.2, 0.25) is 0 Å². The molecule has 0 radical (unpaired) electrons. The number of nitrogens with zero attached hydrogens (tertiary/aromatic N) is 1. The summed E-state index contributed by atoms with van der Waals surface area (Å²) in [7, 11) is 0. The Morgan fingerprint density at radius 3 is 2.78 bits per heavy atom. The lowest BCUT2D eigenvalue weighted by molar-refractivity contribution is -0.384. The number of thiophene rings is 1. The number of aliphatic carboxylic acids is 1. The summed E-state index contributed by atoms with van der Waals surface area (Å²) in [5, 5.41) is 23.4. The normalized spacial score (nSPS) is 20.5. The number of hydrogen-bond donors (Lipinski definition) is 2. The van der Waals surface area contributed by atoms with E-state index in [1.807, 2.05) is 0 Å². The van der Waals surface area contributed by atoms with Crippen molar-refractivity contribution in [2.45, 2.75) is 25.3 Å². The van der Waals surface area contributed by atoms with Gasteiger partial charge in [0.15, 0.2) is 0 Å². The zero-order valence-corrected chi connectivity index (χ0v) is 12.8. The zero-order chi connectivity index (χ0) is 16.6. The summed E-state index contributed by atoms with van der Waals surface area (Å²) in [5.74, 6) is -1.76. The molecule has 1 fully saturated rings. The van der Waals surface area contributed by atoms with E-state index in [-0.39, 0.29) is 17.6 Å². The molecule has 2 aromatic rings. The molecule has 2 N–H and O–H groups in total. The Balaban J connectivity index is 1.81. The molecule has 0 aliphatic heterocycles. The van der Waals surface area contributed by atoms with E-state index in [1.165, 1.54) is 23.5 Å². The van der Waals surface area contributed by atoms with E-state index in [9.17, 15) is 19.7 Å². The summed E-state index contributed by atoms with van der Waals surface area (Å²) >= 11 is 1.24. The maximum Gasteiger partial charge on any atom is 0.308 e. The van der Waals surface area contributed by atoms with Gasteiger partial charge in [-0.25, -0.2) is 0 Å².